The second-order valence-corrected chi connectivity index (χ2v) is 10.4. The van der Waals surface area contributed by atoms with Crippen molar-refractivity contribution in [3.05, 3.63) is 108 Å². The summed E-state index contributed by atoms with van der Waals surface area (Å²) in [6.45, 7) is 3.46. The van der Waals surface area contributed by atoms with Gasteiger partial charge in [0.05, 0.1) is 43.1 Å². The number of nitrogens with one attached hydrogen (secondary N) is 3. The van der Waals surface area contributed by atoms with Crippen LogP contribution in [0.2, 0.25) is 0 Å². The Balaban J connectivity index is 1.20. The standard InChI is InChI=1S/C31H29FN6O4/c1-31(17-35-28(39)21-6-3-2-4-7-21)18-41-29(42-19-31)27-37-25(20-9-11-22(32)12-10-20)26(38-27)24-13-14-33-30(36-24)34-16-23-8-5-15-40-23/h2-15,29H,16-19H2,1H3,(H,35,39)(H,37,38)(H,33,34,36). The van der Waals surface area contributed by atoms with Gasteiger partial charge in [-0.25, -0.2) is 19.3 Å². The van der Waals surface area contributed by atoms with Gasteiger partial charge >= 0.3 is 0 Å². The second kappa shape index (κ2) is 11.9. The molecule has 6 rings (SSSR count). The molecule has 0 saturated carbocycles. The molecule has 11 heteroatoms. The number of H-pyrrole nitrogens is 1. The number of nitrogens with zero attached hydrogens (tertiary/aromatic N) is 3. The van der Waals surface area contributed by atoms with Gasteiger partial charge < -0.3 is 29.5 Å². The lowest BCUT2D eigenvalue weighted by atomic mass is 9.92. The molecule has 1 saturated heterocycles. The number of halogens is 1. The molecule has 0 spiro atoms. The van der Waals surface area contributed by atoms with Gasteiger partial charge in [-0.05, 0) is 54.6 Å². The first-order chi connectivity index (χ1) is 20.5. The van der Waals surface area contributed by atoms with Gasteiger partial charge in [-0.1, -0.05) is 25.1 Å². The van der Waals surface area contributed by atoms with Crippen LogP contribution in [0.15, 0.2) is 89.7 Å². The number of benzene rings is 2. The van der Waals surface area contributed by atoms with Crippen LogP contribution < -0.4 is 10.6 Å². The van der Waals surface area contributed by atoms with E-state index in [2.05, 4.69) is 25.6 Å². The molecule has 0 aliphatic carbocycles. The molecule has 0 unspecified atom stereocenters. The molecule has 1 amide bonds. The molecule has 214 valence electrons. The number of ether oxygens (including phenoxy) is 2. The SMILES string of the molecule is CC1(CNC(=O)c2ccccc2)COC(c2nc(-c3ccc(F)cc3)c(-c3ccnc(NCc4ccco4)n3)[nH]2)OC1. The van der Waals surface area contributed by atoms with E-state index in [0.29, 0.717) is 66.3 Å². The minimum atomic E-state index is -0.769. The minimum Gasteiger partial charge on any atom is -0.467 e. The second-order valence-electron chi connectivity index (χ2n) is 10.4. The Hall–Kier alpha value is -4.87. The van der Waals surface area contributed by atoms with E-state index in [1.165, 1.54) is 12.1 Å². The van der Waals surface area contributed by atoms with E-state index in [0.717, 1.165) is 5.76 Å². The number of aromatic amines is 1. The molecule has 1 aliphatic rings. The minimum absolute atomic E-state index is 0.151. The van der Waals surface area contributed by atoms with Crippen LogP contribution in [0, 0.1) is 11.2 Å². The predicted molar refractivity (Wildman–Crippen MR) is 153 cm³/mol. The third kappa shape index (κ3) is 6.22. The highest BCUT2D eigenvalue weighted by Gasteiger charge is 2.35. The number of anilines is 1. The van der Waals surface area contributed by atoms with Gasteiger partial charge in [-0.3, -0.25) is 4.79 Å². The normalized spacial score (nSPS) is 18.5. The van der Waals surface area contributed by atoms with Crippen molar-refractivity contribution >= 4 is 11.9 Å². The number of hydrogen-bond acceptors (Lipinski definition) is 8. The maximum absolute atomic E-state index is 13.7. The van der Waals surface area contributed by atoms with Gasteiger partial charge in [0.15, 0.2) is 5.82 Å². The van der Waals surface area contributed by atoms with Crippen molar-refractivity contribution in [3.8, 4) is 22.6 Å². The highest BCUT2D eigenvalue weighted by atomic mass is 19.1. The van der Waals surface area contributed by atoms with Crippen LogP contribution in [0.1, 0.15) is 35.2 Å². The maximum atomic E-state index is 13.7. The number of hydrogen-bond donors (Lipinski definition) is 3. The molecule has 0 bridgehead atoms. The molecular formula is C31H29FN6O4. The summed E-state index contributed by atoms with van der Waals surface area (Å²) in [7, 11) is 0. The number of imidazole rings is 1. The summed E-state index contributed by atoms with van der Waals surface area (Å²) < 4.78 is 31.3. The number of rotatable bonds is 9. The average molecular weight is 569 g/mol. The van der Waals surface area contributed by atoms with E-state index in [1.807, 2.05) is 37.3 Å². The summed E-state index contributed by atoms with van der Waals surface area (Å²) in [6, 6.07) is 20.6. The summed E-state index contributed by atoms with van der Waals surface area (Å²) in [6.07, 6.45) is 2.48. The first-order valence-electron chi connectivity index (χ1n) is 13.5. The van der Waals surface area contributed by atoms with Crippen molar-refractivity contribution in [2.45, 2.75) is 19.8 Å². The van der Waals surface area contributed by atoms with Gasteiger partial charge in [0, 0.05) is 29.3 Å². The Morgan fingerprint density at radius 3 is 2.55 bits per heavy atom. The third-order valence-corrected chi connectivity index (χ3v) is 6.85. The lowest BCUT2D eigenvalue weighted by molar-refractivity contribution is -0.231. The molecule has 42 heavy (non-hydrogen) atoms. The predicted octanol–water partition coefficient (Wildman–Crippen LogP) is 5.36. The quantitative estimate of drug-likeness (QED) is 0.217. The Morgan fingerprint density at radius 1 is 1.02 bits per heavy atom. The van der Waals surface area contributed by atoms with Crippen LogP contribution in [0.5, 0.6) is 0 Å². The van der Waals surface area contributed by atoms with Crippen molar-refractivity contribution in [1.82, 2.24) is 25.3 Å². The maximum Gasteiger partial charge on any atom is 0.251 e. The molecule has 0 radical (unpaired) electrons. The first-order valence-corrected chi connectivity index (χ1v) is 13.5. The fourth-order valence-electron chi connectivity index (χ4n) is 4.56. The van der Waals surface area contributed by atoms with Crippen LogP contribution in [0.25, 0.3) is 22.6 Å². The van der Waals surface area contributed by atoms with Crippen molar-refractivity contribution in [2.75, 3.05) is 25.1 Å². The molecular weight excluding hydrogens is 539 g/mol. The van der Waals surface area contributed by atoms with Crippen molar-refractivity contribution in [2.24, 2.45) is 5.41 Å². The molecule has 4 heterocycles. The zero-order valence-electron chi connectivity index (χ0n) is 22.8. The van der Waals surface area contributed by atoms with Gasteiger partial charge in [0.1, 0.15) is 11.6 Å². The highest BCUT2D eigenvalue weighted by Crippen LogP contribution is 2.35. The van der Waals surface area contributed by atoms with Gasteiger partial charge in [-0.2, -0.15) is 0 Å². The van der Waals surface area contributed by atoms with Crippen LogP contribution in [-0.4, -0.2) is 45.6 Å². The van der Waals surface area contributed by atoms with Crippen molar-refractivity contribution in [1.29, 1.82) is 0 Å². The largest absolute Gasteiger partial charge is 0.467 e. The Kier molecular flexibility index (Phi) is 7.76. The molecule has 1 aliphatic heterocycles. The van der Waals surface area contributed by atoms with E-state index >= 15 is 0 Å². The monoisotopic (exact) mass is 568 g/mol. The van der Waals surface area contributed by atoms with Crippen LogP contribution >= 0.6 is 0 Å². The number of carbonyl (C=O) groups is 1. The molecule has 10 nitrogen and oxygen atoms in total. The van der Waals surface area contributed by atoms with Gasteiger partial charge in [0.2, 0.25) is 12.2 Å². The first kappa shape index (κ1) is 27.3. The fraction of sp³-hybridized carbons (Fsp3) is 0.226. The number of furan rings is 1. The third-order valence-electron chi connectivity index (χ3n) is 6.85. The van der Waals surface area contributed by atoms with Crippen LogP contribution in [-0.2, 0) is 16.0 Å². The van der Waals surface area contributed by atoms with Gasteiger partial charge in [0.25, 0.3) is 5.91 Å². The number of aromatic nitrogens is 4. The smallest absolute Gasteiger partial charge is 0.251 e. The number of amides is 1. The van der Waals surface area contributed by atoms with Gasteiger partial charge in [-0.15, -0.1) is 0 Å². The zero-order valence-corrected chi connectivity index (χ0v) is 22.8. The Bertz CT molecular complexity index is 1630. The molecule has 3 aromatic heterocycles. The molecule has 2 aromatic carbocycles. The van der Waals surface area contributed by atoms with Crippen LogP contribution in [0.3, 0.4) is 0 Å². The summed E-state index contributed by atoms with van der Waals surface area (Å²) in [5, 5.41) is 6.12. The molecule has 5 aromatic rings. The fourth-order valence-corrected chi connectivity index (χ4v) is 4.56. The molecule has 1 fully saturated rings. The Labute approximate surface area is 241 Å². The summed E-state index contributed by atoms with van der Waals surface area (Å²) >= 11 is 0. The average Bonchev–Trinajstić information content (AvgIpc) is 3.71. The summed E-state index contributed by atoms with van der Waals surface area (Å²) in [4.78, 5) is 29.6. The number of carbonyl (C=O) groups excluding carboxylic acids is 1. The van der Waals surface area contributed by atoms with E-state index in [9.17, 15) is 9.18 Å². The summed E-state index contributed by atoms with van der Waals surface area (Å²) in [5.41, 5.74) is 2.61. The van der Waals surface area contributed by atoms with E-state index in [4.69, 9.17) is 18.9 Å². The van der Waals surface area contributed by atoms with E-state index in [1.54, 1.807) is 42.8 Å². The molecule has 3 N–H and O–H groups in total. The lowest BCUT2D eigenvalue weighted by Gasteiger charge is -2.36. The van der Waals surface area contributed by atoms with Crippen molar-refractivity contribution in [3.63, 3.8) is 0 Å². The van der Waals surface area contributed by atoms with Crippen LogP contribution in [0.4, 0.5) is 10.3 Å². The molecule has 0 atom stereocenters. The van der Waals surface area contributed by atoms with E-state index < -0.39 is 11.7 Å². The lowest BCUT2D eigenvalue weighted by Crippen LogP contribution is -2.45. The topological polar surface area (TPSA) is 127 Å². The van der Waals surface area contributed by atoms with E-state index in [-0.39, 0.29) is 11.7 Å². The highest BCUT2D eigenvalue weighted by molar-refractivity contribution is 5.94. The Morgan fingerprint density at radius 2 is 1.81 bits per heavy atom. The van der Waals surface area contributed by atoms with Crippen molar-refractivity contribution < 1.29 is 23.1 Å². The zero-order chi connectivity index (χ0) is 28.9. The summed E-state index contributed by atoms with van der Waals surface area (Å²) in [5.74, 6) is 1.10.